The van der Waals surface area contributed by atoms with Crippen LogP contribution < -0.4 is 14.2 Å². The molecule has 0 amide bonds. The zero-order chi connectivity index (χ0) is 15.9. The first-order chi connectivity index (χ1) is 10.7. The van der Waals surface area contributed by atoms with Gasteiger partial charge in [0.05, 0.1) is 26.7 Å². The quantitative estimate of drug-likeness (QED) is 0.809. The van der Waals surface area contributed by atoms with Gasteiger partial charge in [0.2, 0.25) is 5.75 Å². The average Bonchev–Trinajstić information content (AvgIpc) is 2.56. The summed E-state index contributed by atoms with van der Waals surface area (Å²) < 4.78 is 16.9. The van der Waals surface area contributed by atoms with Gasteiger partial charge in [-0.2, -0.15) is 5.26 Å². The third-order valence-corrected chi connectivity index (χ3v) is 4.15. The molecule has 120 valence electrons. The van der Waals surface area contributed by atoms with Crippen LogP contribution in [0.25, 0.3) is 0 Å². The fraction of sp³-hybridized carbons (Fsp3) is 0.588. The van der Waals surface area contributed by atoms with E-state index >= 15 is 0 Å². The summed E-state index contributed by atoms with van der Waals surface area (Å²) in [6.07, 6.45) is 2.61. The highest BCUT2D eigenvalue weighted by Crippen LogP contribution is 2.38. The molecule has 1 fully saturated rings. The van der Waals surface area contributed by atoms with E-state index in [1.165, 1.54) is 0 Å². The summed E-state index contributed by atoms with van der Waals surface area (Å²) in [5, 5.41) is 8.80. The molecule has 5 heteroatoms. The minimum absolute atomic E-state index is 0.149. The van der Waals surface area contributed by atoms with E-state index in [1.54, 1.807) is 14.2 Å². The Hall–Kier alpha value is -1.93. The highest BCUT2D eigenvalue weighted by atomic mass is 16.5. The second-order valence-corrected chi connectivity index (χ2v) is 5.56. The molecule has 2 rings (SSSR count). The normalized spacial score (nSPS) is 17.5. The van der Waals surface area contributed by atoms with Crippen molar-refractivity contribution in [1.29, 1.82) is 5.26 Å². The minimum Gasteiger partial charge on any atom is -0.493 e. The highest BCUT2D eigenvalue weighted by Gasteiger charge is 2.25. The average molecular weight is 304 g/mol. The van der Waals surface area contributed by atoms with Crippen molar-refractivity contribution in [2.45, 2.75) is 38.3 Å². The van der Waals surface area contributed by atoms with Crippen LogP contribution in [-0.2, 0) is 0 Å². The Bertz CT molecular complexity index is 497. The molecule has 0 saturated carbocycles. The molecule has 0 bridgehead atoms. The first kappa shape index (κ1) is 16.4. The number of ether oxygens (including phenoxy) is 3. The number of para-hydroxylation sites is 1. The maximum atomic E-state index is 8.80. The van der Waals surface area contributed by atoms with Gasteiger partial charge in [-0.3, -0.25) is 4.90 Å². The van der Waals surface area contributed by atoms with Crippen LogP contribution in [-0.4, -0.2) is 44.4 Å². The van der Waals surface area contributed by atoms with Crippen LogP contribution in [0.15, 0.2) is 18.2 Å². The van der Waals surface area contributed by atoms with Crippen molar-refractivity contribution in [3.63, 3.8) is 0 Å². The molecule has 0 unspecified atom stereocenters. The van der Waals surface area contributed by atoms with Gasteiger partial charge >= 0.3 is 0 Å². The molecule has 1 aromatic carbocycles. The number of hydrogen-bond acceptors (Lipinski definition) is 5. The number of likely N-dealkylation sites (tertiary alicyclic amines) is 1. The first-order valence-corrected chi connectivity index (χ1v) is 7.68. The molecule has 22 heavy (non-hydrogen) atoms. The van der Waals surface area contributed by atoms with E-state index < -0.39 is 0 Å². The molecule has 1 heterocycles. The molecule has 0 aromatic heterocycles. The van der Waals surface area contributed by atoms with E-state index in [0.717, 1.165) is 25.9 Å². The van der Waals surface area contributed by atoms with Gasteiger partial charge < -0.3 is 14.2 Å². The van der Waals surface area contributed by atoms with E-state index in [0.29, 0.717) is 29.7 Å². The Labute approximate surface area is 132 Å². The van der Waals surface area contributed by atoms with Crippen LogP contribution in [0.4, 0.5) is 0 Å². The van der Waals surface area contributed by atoms with Crippen molar-refractivity contribution in [3.8, 4) is 23.3 Å². The third kappa shape index (κ3) is 3.83. The molecular formula is C17H24N2O3. The molecular weight excluding hydrogens is 280 g/mol. The summed E-state index contributed by atoms with van der Waals surface area (Å²) in [4.78, 5) is 2.35. The van der Waals surface area contributed by atoms with Gasteiger partial charge in [-0.25, -0.2) is 0 Å². The maximum Gasteiger partial charge on any atom is 0.203 e. The zero-order valence-corrected chi connectivity index (χ0v) is 13.5. The van der Waals surface area contributed by atoms with Crippen LogP contribution in [0.1, 0.15) is 26.2 Å². The van der Waals surface area contributed by atoms with Crippen LogP contribution in [0.2, 0.25) is 0 Å². The fourth-order valence-electron chi connectivity index (χ4n) is 2.80. The number of nitriles is 1. The fourth-order valence-corrected chi connectivity index (χ4v) is 2.80. The molecule has 1 aromatic rings. The third-order valence-electron chi connectivity index (χ3n) is 4.15. The second-order valence-electron chi connectivity index (χ2n) is 5.56. The number of piperidine rings is 1. The van der Waals surface area contributed by atoms with Gasteiger partial charge in [-0.1, -0.05) is 6.07 Å². The summed E-state index contributed by atoms with van der Waals surface area (Å²) in [5.74, 6) is 2.07. The standard InChI is InChI=1S/C17H24N2O3/c1-13(7-10-18)19-11-8-14(9-12-19)22-17-15(20-2)5-4-6-16(17)21-3/h4-6,13-14H,7-9,11-12H2,1-3H3/t13-/m1/s1. The number of hydrogen-bond donors (Lipinski definition) is 0. The van der Waals surface area contributed by atoms with Crippen molar-refractivity contribution < 1.29 is 14.2 Å². The largest absolute Gasteiger partial charge is 0.493 e. The van der Waals surface area contributed by atoms with Crippen molar-refractivity contribution in [2.75, 3.05) is 27.3 Å². The lowest BCUT2D eigenvalue weighted by Crippen LogP contribution is -2.42. The van der Waals surface area contributed by atoms with Gasteiger partial charge in [0.25, 0.3) is 0 Å². The molecule has 1 atom stereocenters. The van der Waals surface area contributed by atoms with Gasteiger partial charge in [0.15, 0.2) is 11.5 Å². The number of nitrogens with zero attached hydrogens (tertiary/aromatic N) is 2. The van der Waals surface area contributed by atoms with Crippen molar-refractivity contribution >= 4 is 0 Å². The Morgan fingerprint density at radius 1 is 1.23 bits per heavy atom. The second kappa shape index (κ2) is 7.90. The van der Waals surface area contributed by atoms with E-state index in [2.05, 4.69) is 17.9 Å². The predicted octanol–water partition coefficient (Wildman–Crippen LogP) is 2.85. The van der Waals surface area contributed by atoms with Crippen molar-refractivity contribution in [2.24, 2.45) is 0 Å². The lowest BCUT2D eigenvalue weighted by Gasteiger charge is -2.35. The van der Waals surface area contributed by atoms with E-state index in [9.17, 15) is 0 Å². The topological polar surface area (TPSA) is 54.7 Å². The lowest BCUT2D eigenvalue weighted by molar-refractivity contribution is 0.0770. The summed E-state index contributed by atoms with van der Waals surface area (Å²) in [7, 11) is 3.27. The van der Waals surface area contributed by atoms with Crippen LogP contribution in [0, 0.1) is 11.3 Å². The molecule has 0 spiro atoms. The number of benzene rings is 1. The van der Waals surface area contributed by atoms with E-state index in [1.807, 2.05) is 18.2 Å². The Balaban J connectivity index is 1.98. The summed E-state index contributed by atoms with van der Waals surface area (Å²) in [6, 6.07) is 8.19. The van der Waals surface area contributed by atoms with Crippen LogP contribution in [0.5, 0.6) is 17.2 Å². The predicted molar refractivity (Wildman–Crippen MR) is 84.5 cm³/mol. The van der Waals surface area contributed by atoms with Crippen molar-refractivity contribution in [3.05, 3.63) is 18.2 Å². The Morgan fingerprint density at radius 2 is 1.82 bits per heavy atom. The van der Waals surface area contributed by atoms with Gasteiger partial charge in [-0.15, -0.1) is 0 Å². The maximum absolute atomic E-state index is 8.80. The summed E-state index contributed by atoms with van der Waals surface area (Å²) in [6.45, 7) is 4.00. The zero-order valence-electron chi connectivity index (χ0n) is 13.5. The summed E-state index contributed by atoms with van der Waals surface area (Å²) >= 11 is 0. The molecule has 1 aliphatic rings. The first-order valence-electron chi connectivity index (χ1n) is 7.68. The Morgan fingerprint density at radius 3 is 2.32 bits per heavy atom. The highest BCUT2D eigenvalue weighted by molar-refractivity contribution is 5.51. The minimum atomic E-state index is 0.149. The van der Waals surface area contributed by atoms with Gasteiger partial charge in [0.1, 0.15) is 6.10 Å². The van der Waals surface area contributed by atoms with E-state index in [-0.39, 0.29) is 6.10 Å². The number of methoxy groups -OCH3 is 2. The molecule has 5 nitrogen and oxygen atoms in total. The monoisotopic (exact) mass is 304 g/mol. The molecule has 0 N–H and O–H groups in total. The van der Waals surface area contributed by atoms with Crippen LogP contribution >= 0.6 is 0 Å². The lowest BCUT2D eigenvalue weighted by atomic mass is 10.0. The van der Waals surface area contributed by atoms with Gasteiger partial charge in [-0.05, 0) is 31.9 Å². The number of rotatable bonds is 6. The molecule has 0 radical (unpaired) electrons. The molecule has 0 aliphatic carbocycles. The smallest absolute Gasteiger partial charge is 0.203 e. The Kier molecular flexibility index (Phi) is 5.91. The molecule has 1 saturated heterocycles. The SMILES string of the molecule is COc1cccc(OC)c1OC1CCN([C@H](C)CC#N)CC1. The van der Waals surface area contributed by atoms with Crippen molar-refractivity contribution in [1.82, 2.24) is 4.90 Å². The van der Waals surface area contributed by atoms with Crippen LogP contribution in [0.3, 0.4) is 0 Å². The molecule has 1 aliphatic heterocycles. The summed E-state index contributed by atoms with van der Waals surface area (Å²) in [5.41, 5.74) is 0. The van der Waals surface area contributed by atoms with E-state index in [4.69, 9.17) is 19.5 Å². The van der Waals surface area contributed by atoms with Gasteiger partial charge in [0, 0.05) is 19.1 Å².